The Bertz CT molecular complexity index is 540. The van der Waals surface area contributed by atoms with Gasteiger partial charge in [0, 0.05) is 4.47 Å². The van der Waals surface area contributed by atoms with E-state index in [-0.39, 0.29) is 0 Å². The fraction of sp³-hybridized carbons (Fsp3) is 0.0714. The summed E-state index contributed by atoms with van der Waals surface area (Å²) < 4.78 is 0.980. The molecule has 0 aliphatic carbocycles. The van der Waals surface area contributed by atoms with Crippen molar-refractivity contribution in [3.05, 3.63) is 69.7 Å². The highest BCUT2D eigenvalue weighted by atomic mass is 79.9. The van der Waals surface area contributed by atoms with Crippen LogP contribution in [0.2, 0.25) is 0 Å². The number of hydrogen-bond donors (Lipinski definition) is 1. The Balaban J connectivity index is 2.27. The summed E-state index contributed by atoms with van der Waals surface area (Å²) in [5.74, 6) is 0. The molecular weight excluding hydrogens is 278 g/mol. The molecule has 84 valence electrons. The van der Waals surface area contributed by atoms with E-state index in [9.17, 15) is 5.11 Å². The number of rotatable bonds is 2. The summed E-state index contributed by atoms with van der Waals surface area (Å²) in [5.41, 5.74) is 2.21. The van der Waals surface area contributed by atoms with Crippen LogP contribution in [0.5, 0.6) is 0 Å². The Kier molecular flexibility index (Phi) is 3.58. The predicted molar refractivity (Wildman–Crippen MR) is 69.4 cm³/mol. The molecule has 0 saturated heterocycles. The summed E-state index contributed by atoms with van der Waals surface area (Å²) in [4.78, 5) is 0. The van der Waals surface area contributed by atoms with E-state index < -0.39 is 6.10 Å². The van der Waals surface area contributed by atoms with Crippen molar-refractivity contribution >= 4 is 15.9 Å². The molecule has 1 unspecified atom stereocenters. The zero-order valence-electron chi connectivity index (χ0n) is 8.97. The summed E-state index contributed by atoms with van der Waals surface area (Å²) in [7, 11) is 0. The third-order valence-corrected chi connectivity index (χ3v) is 3.07. The topological polar surface area (TPSA) is 44.0 Å². The fourth-order valence-corrected chi connectivity index (χ4v) is 1.84. The van der Waals surface area contributed by atoms with Crippen LogP contribution in [0.3, 0.4) is 0 Å². The molecule has 0 spiro atoms. The van der Waals surface area contributed by atoms with Crippen LogP contribution in [-0.4, -0.2) is 5.11 Å². The second-order valence-corrected chi connectivity index (χ2v) is 4.60. The Hall–Kier alpha value is -1.63. The molecule has 0 aromatic heterocycles. The SMILES string of the molecule is N#Cc1ccc(C(O)c2ccc(Br)cc2)cc1. The van der Waals surface area contributed by atoms with Crippen LogP contribution in [0.4, 0.5) is 0 Å². The molecule has 1 N–H and O–H groups in total. The number of aliphatic hydroxyl groups is 1. The van der Waals surface area contributed by atoms with Crippen molar-refractivity contribution in [2.75, 3.05) is 0 Å². The Morgan fingerprint density at radius 1 is 0.941 bits per heavy atom. The van der Waals surface area contributed by atoms with E-state index in [1.54, 1.807) is 24.3 Å². The number of benzene rings is 2. The van der Waals surface area contributed by atoms with Gasteiger partial charge < -0.3 is 5.11 Å². The first kappa shape index (κ1) is 11.8. The first-order chi connectivity index (χ1) is 8.20. The third-order valence-electron chi connectivity index (χ3n) is 2.54. The average Bonchev–Trinajstić information content (AvgIpc) is 2.39. The number of nitriles is 1. The van der Waals surface area contributed by atoms with Crippen molar-refractivity contribution in [3.8, 4) is 6.07 Å². The lowest BCUT2D eigenvalue weighted by molar-refractivity contribution is 0.220. The van der Waals surface area contributed by atoms with Crippen LogP contribution in [0.15, 0.2) is 53.0 Å². The van der Waals surface area contributed by atoms with E-state index >= 15 is 0 Å². The molecule has 0 saturated carbocycles. The van der Waals surface area contributed by atoms with Crippen molar-refractivity contribution in [3.63, 3.8) is 0 Å². The minimum Gasteiger partial charge on any atom is -0.384 e. The second-order valence-electron chi connectivity index (χ2n) is 3.69. The van der Waals surface area contributed by atoms with E-state index in [1.807, 2.05) is 24.3 Å². The normalized spacial score (nSPS) is 11.8. The van der Waals surface area contributed by atoms with Crippen molar-refractivity contribution in [1.82, 2.24) is 0 Å². The maximum absolute atomic E-state index is 10.1. The third kappa shape index (κ3) is 2.73. The smallest absolute Gasteiger partial charge is 0.104 e. The lowest BCUT2D eigenvalue weighted by atomic mass is 10.0. The van der Waals surface area contributed by atoms with E-state index in [2.05, 4.69) is 22.0 Å². The quantitative estimate of drug-likeness (QED) is 0.920. The van der Waals surface area contributed by atoms with Crippen molar-refractivity contribution in [2.45, 2.75) is 6.10 Å². The molecule has 2 rings (SSSR count). The summed E-state index contributed by atoms with van der Waals surface area (Å²) in [5, 5.41) is 18.8. The van der Waals surface area contributed by atoms with Gasteiger partial charge in [0.1, 0.15) is 6.10 Å². The van der Waals surface area contributed by atoms with Gasteiger partial charge in [-0.1, -0.05) is 40.2 Å². The van der Waals surface area contributed by atoms with Gasteiger partial charge in [0.2, 0.25) is 0 Å². The first-order valence-electron chi connectivity index (χ1n) is 5.14. The van der Waals surface area contributed by atoms with Gasteiger partial charge in [-0.25, -0.2) is 0 Å². The van der Waals surface area contributed by atoms with Crippen LogP contribution < -0.4 is 0 Å². The summed E-state index contributed by atoms with van der Waals surface area (Å²) in [6.45, 7) is 0. The molecule has 0 amide bonds. The fourth-order valence-electron chi connectivity index (χ4n) is 1.58. The highest BCUT2D eigenvalue weighted by molar-refractivity contribution is 9.10. The monoisotopic (exact) mass is 287 g/mol. The predicted octanol–water partition coefficient (Wildman–Crippen LogP) is 3.40. The molecule has 0 fully saturated rings. The highest BCUT2D eigenvalue weighted by Gasteiger charge is 2.09. The Labute approximate surface area is 108 Å². The van der Waals surface area contributed by atoms with Crippen LogP contribution >= 0.6 is 15.9 Å². The molecular formula is C14H10BrNO. The van der Waals surface area contributed by atoms with E-state index in [4.69, 9.17) is 5.26 Å². The number of nitrogens with zero attached hydrogens (tertiary/aromatic N) is 1. The zero-order chi connectivity index (χ0) is 12.3. The van der Waals surface area contributed by atoms with Gasteiger partial charge in [0.15, 0.2) is 0 Å². The van der Waals surface area contributed by atoms with Gasteiger partial charge in [-0.15, -0.1) is 0 Å². The Morgan fingerprint density at radius 3 is 1.88 bits per heavy atom. The van der Waals surface area contributed by atoms with Crippen LogP contribution in [0.25, 0.3) is 0 Å². The maximum Gasteiger partial charge on any atom is 0.104 e. The molecule has 2 nitrogen and oxygen atoms in total. The molecule has 2 aromatic carbocycles. The van der Waals surface area contributed by atoms with Crippen LogP contribution in [0.1, 0.15) is 22.8 Å². The molecule has 2 aromatic rings. The zero-order valence-corrected chi connectivity index (χ0v) is 10.6. The van der Waals surface area contributed by atoms with Crippen LogP contribution in [-0.2, 0) is 0 Å². The second kappa shape index (κ2) is 5.13. The van der Waals surface area contributed by atoms with E-state index in [1.165, 1.54) is 0 Å². The highest BCUT2D eigenvalue weighted by Crippen LogP contribution is 2.23. The molecule has 17 heavy (non-hydrogen) atoms. The Morgan fingerprint density at radius 2 is 1.41 bits per heavy atom. The molecule has 0 aliphatic rings. The van der Waals surface area contributed by atoms with Crippen LogP contribution in [0, 0.1) is 11.3 Å². The van der Waals surface area contributed by atoms with Gasteiger partial charge in [-0.05, 0) is 35.4 Å². The average molecular weight is 288 g/mol. The minimum atomic E-state index is -0.657. The molecule has 0 radical (unpaired) electrons. The number of aliphatic hydroxyl groups excluding tert-OH is 1. The van der Waals surface area contributed by atoms with Crippen molar-refractivity contribution < 1.29 is 5.11 Å². The molecule has 0 aliphatic heterocycles. The van der Waals surface area contributed by atoms with E-state index in [0.29, 0.717) is 5.56 Å². The van der Waals surface area contributed by atoms with Gasteiger partial charge in [-0.2, -0.15) is 5.26 Å². The lowest BCUT2D eigenvalue weighted by Crippen LogP contribution is -1.99. The summed E-state index contributed by atoms with van der Waals surface area (Å²) in [6, 6.07) is 16.5. The summed E-state index contributed by atoms with van der Waals surface area (Å²) in [6.07, 6.45) is -0.657. The molecule has 0 bridgehead atoms. The summed E-state index contributed by atoms with van der Waals surface area (Å²) >= 11 is 3.35. The van der Waals surface area contributed by atoms with E-state index in [0.717, 1.165) is 15.6 Å². The lowest BCUT2D eigenvalue weighted by Gasteiger charge is -2.11. The standard InChI is InChI=1S/C14H10BrNO/c15-13-7-5-12(6-8-13)14(17)11-3-1-10(9-16)2-4-11/h1-8,14,17H. The number of hydrogen-bond acceptors (Lipinski definition) is 2. The van der Waals surface area contributed by atoms with Gasteiger partial charge >= 0.3 is 0 Å². The van der Waals surface area contributed by atoms with Crippen molar-refractivity contribution in [1.29, 1.82) is 5.26 Å². The molecule has 1 atom stereocenters. The molecule has 3 heteroatoms. The van der Waals surface area contributed by atoms with Crippen molar-refractivity contribution in [2.24, 2.45) is 0 Å². The van der Waals surface area contributed by atoms with Gasteiger partial charge in [-0.3, -0.25) is 0 Å². The van der Waals surface area contributed by atoms with Gasteiger partial charge in [0.25, 0.3) is 0 Å². The largest absolute Gasteiger partial charge is 0.384 e. The minimum absolute atomic E-state index is 0.594. The number of halogens is 1. The first-order valence-corrected chi connectivity index (χ1v) is 5.93. The van der Waals surface area contributed by atoms with Gasteiger partial charge in [0.05, 0.1) is 11.6 Å². The molecule has 0 heterocycles. The maximum atomic E-state index is 10.1.